The molecule has 0 radical (unpaired) electrons. The molecule has 0 amide bonds. The van der Waals surface area contributed by atoms with Gasteiger partial charge >= 0.3 is 6.01 Å². The van der Waals surface area contributed by atoms with E-state index < -0.39 is 11.6 Å². The number of benzene rings is 2. The Bertz CT molecular complexity index is 1230. The van der Waals surface area contributed by atoms with Crippen molar-refractivity contribution in [3.05, 3.63) is 58.6 Å². The zero-order valence-electron chi connectivity index (χ0n) is 16.1. The normalized spacial score (nSPS) is 11.1. The predicted octanol–water partition coefficient (Wildman–Crippen LogP) is 6.11. The van der Waals surface area contributed by atoms with Gasteiger partial charge in [-0.25, -0.2) is 13.8 Å². The molecule has 0 spiro atoms. The first-order valence-corrected chi connectivity index (χ1v) is 9.53. The van der Waals surface area contributed by atoms with E-state index in [1.54, 1.807) is 13.0 Å². The number of hydrogen-bond acceptors (Lipinski definition) is 6. The topological polar surface area (TPSA) is 70.3 Å². The summed E-state index contributed by atoms with van der Waals surface area (Å²) in [4.78, 5) is 12.8. The number of rotatable bonds is 6. The second-order valence-electron chi connectivity index (χ2n) is 6.47. The molecule has 0 aliphatic rings. The molecule has 0 N–H and O–H groups in total. The monoisotopic (exact) mass is 431 g/mol. The van der Waals surface area contributed by atoms with Gasteiger partial charge in [0.25, 0.3) is 11.6 Å². The molecule has 6 nitrogen and oxygen atoms in total. The first kappa shape index (κ1) is 20.0. The Balaban J connectivity index is 1.81. The molecule has 9 heteroatoms. The van der Waals surface area contributed by atoms with Gasteiger partial charge in [-0.2, -0.15) is 9.97 Å². The molecule has 0 saturated carbocycles. The first-order valence-electron chi connectivity index (χ1n) is 9.15. The van der Waals surface area contributed by atoms with Crippen LogP contribution in [0.4, 0.5) is 8.78 Å². The minimum absolute atomic E-state index is 0.0595. The van der Waals surface area contributed by atoms with Crippen molar-refractivity contribution in [2.75, 3.05) is 6.61 Å². The molecule has 0 aliphatic carbocycles. The van der Waals surface area contributed by atoms with E-state index in [1.807, 2.05) is 6.92 Å². The van der Waals surface area contributed by atoms with E-state index >= 15 is 0 Å². The van der Waals surface area contributed by atoms with Crippen molar-refractivity contribution in [3.63, 3.8) is 0 Å². The summed E-state index contributed by atoms with van der Waals surface area (Å²) in [7, 11) is 0. The Hall–Kier alpha value is -3.26. The van der Waals surface area contributed by atoms with Gasteiger partial charge in [-0.3, -0.25) is 0 Å². The molecule has 2 aromatic heterocycles. The van der Waals surface area contributed by atoms with Crippen molar-refractivity contribution in [1.82, 2.24) is 15.0 Å². The van der Waals surface area contributed by atoms with Gasteiger partial charge in [-0.05, 0) is 43.2 Å². The summed E-state index contributed by atoms with van der Waals surface area (Å²) in [5.74, 6) is -0.501. The standard InChI is InChI=1S/C21H16ClF2N3O3/c1-3-8-28-19-17-20(30-18(25-17)14-9-12(23)6-7-15(14)22)27-21(26-19)29-16-10-13(24)5-4-11(16)2/h4-7,9-10H,3,8H2,1-2H3. The third kappa shape index (κ3) is 4.04. The summed E-state index contributed by atoms with van der Waals surface area (Å²) in [6, 6.07) is 7.88. The molecule has 0 fully saturated rings. The third-order valence-electron chi connectivity index (χ3n) is 4.16. The predicted molar refractivity (Wildman–Crippen MR) is 107 cm³/mol. The summed E-state index contributed by atoms with van der Waals surface area (Å²) in [6.45, 7) is 4.07. The zero-order chi connectivity index (χ0) is 21.3. The van der Waals surface area contributed by atoms with Crippen LogP contribution in [0, 0.1) is 18.6 Å². The molecule has 0 atom stereocenters. The van der Waals surface area contributed by atoms with Crippen molar-refractivity contribution in [2.24, 2.45) is 0 Å². The average molecular weight is 432 g/mol. The van der Waals surface area contributed by atoms with E-state index in [9.17, 15) is 8.78 Å². The molecule has 4 aromatic rings. The highest BCUT2D eigenvalue weighted by Gasteiger charge is 2.20. The maximum absolute atomic E-state index is 13.7. The molecule has 4 rings (SSSR count). The number of fused-ring (bicyclic) bond motifs is 1. The second-order valence-corrected chi connectivity index (χ2v) is 6.88. The van der Waals surface area contributed by atoms with Crippen LogP contribution in [0.2, 0.25) is 5.02 Å². The molecule has 2 aromatic carbocycles. The van der Waals surface area contributed by atoms with E-state index in [0.717, 1.165) is 6.42 Å². The molecule has 30 heavy (non-hydrogen) atoms. The highest BCUT2D eigenvalue weighted by Crippen LogP contribution is 2.34. The van der Waals surface area contributed by atoms with Crippen LogP contribution in [0.15, 0.2) is 40.8 Å². The van der Waals surface area contributed by atoms with Crippen molar-refractivity contribution in [1.29, 1.82) is 0 Å². The van der Waals surface area contributed by atoms with Crippen molar-refractivity contribution in [2.45, 2.75) is 20.3 Å². The van der Waals surface area contributed by atoms with E-state index in [0.29, 0.717) is 12.2 Å². The van der Waals surface area contributed by atoms with Crippen LogP contribution < -0.4 is 9.47 Å². The average Bonchev–Trinajstić information content (AvgIpc) is 3.14. The lowest BCUT2D eigenvalue weighted by Crippen LogP contribution is -2.01. The molecular formula is C21H16ClF2N3O3. The van der Waals surface area contributed by atoms with Crippen LogP contribution in [-0.4, -0.2) is 21.6 Å². The number of oxazole rings is 1. The van der Waals surface area contributed by atoms with Crippen molar-refractivity contribution < 1.29 is 22.7 Å². The number of aromatic nitrogens is 3. The van der Waals surface area contributed by atoms with Crippen LogP contribution in [0.1, 0.15) is 18.9 Å². The molecule has 154 valence electrons. The lowest BCUT2D eigenvalue weighted by molar-refractivity contribution is 0.302. The SMILES string of the molecule is CCCOc1nc(Oc2cc(F)ccc2C)nc2oc(-c3cc(F)ccc3Cl)nc12. The summed E-state index contributed by atoms with van der Waals surface area (Å²) in [5.41, 5.74) is 1.26. The smallest absolute Gasteiger partial charge is 0.328 e. The molecule has 2 heterocycles. The highest BCUT2D eigenvalue weighted by molar-refractivity contribution is 6.33. The van der Waals surface area contributed by atoms with Gasteiger partial charge in [0, 0.05) is 6.07 Å². The number of hydrogen-bond donors (Lipinski definition) is 0. The molecule has 0 aliphatic heterocycles. The first-order chi connectivity index (χ1) is 14.4. The fourth-order valence-electron chi connectivity index (χ4n) is 2.68. The maximum atomic E-state index is 13.7. The van der Waals surface area contributed by atoms with Gasteiger partial charge in [0.15, 0.2) is 5.52 Å². The number of ether oxygens (including phenoxy) is 2. The summed E-state index contributed by atoms with van der Waals surface area (Å²) >= 11 is 6.16. The second kappa shape index (κ2) is 8.23. The lowest BCUT2D eigenvalue weighted by atomic mass is 10.2. The van der Waals surface area contributed by atoms with Gasteiger partial charge in [0.05, 0.1) is 17.2 Å². The number of aryl methyl sites for hydroxylation is 1. The molecule has 0 bridgehead atoms. The Labute approximate surface area is 175 Å². The highest BCUT2D eigenvalue weighted by atomic mass is 35.5. The molecular weight excluding hydrogens is 416 g/mol. The quantitative estimate of drug-likeness (QED) is 0.367. The van der Waals surface area contributed by atoms with E-state index in [4.69, 9.17) is 25.5 Å². The van der Waals surface area contributed by atoms with E-state index in [1.165, 1.54) is 30.3 Å². The van der Waals surface area contributed by atoms with Gasteiger partial charge < -0.3 is 13.9 Å². The third-order valence-corrected chi connectivity index (χ3v) is 4.49. The largest absolute Gasteiger partial charge is 0.476 e. The van der Waals surface area contributed by atoms with E-state index in [2.05, 4.69) is 15.0 Å². The minimum Gasteiger partial charge on any atom is -0.476 e. The van der Waals surface area contributed by atoms with Crippen LogP contribution in [0.5, 0.6) is 17.6 Å². The fraction of sp³-hybridized carbons (Fsp3) is 0.190. The van der Waals surface area contributed by atoms with Crippen LogP contribution in [0.25, 0.3) is 22.7 Å². The summed E-state index contributed by atoms with van der Waals surface area (Å²) in [6.07, 6.45) is 0.727. The summed E-state index contributed by atoms with van der Waals surface area (Å²) in [5, 5.41) is 0.263. The molecule has 0 saturated heterocycles. The molecule has 0 unspecified atom stereocenters. The number of halogens is 3. The Morgan fingerprint density at radius 3 is 2.60 bits per heavy atom. The van der Waals surface area contributed by atoms with Gasteiger partial charge in [-0.1, -0.05) is 24.6 Å². The van der Waals surface area contributed by atoms with E-state index in [-0.39, 0.29) is 45.3 Å². The Kier molecular flexibility index (Phi) is 5.50. The van der Waals surface area contributed by atoms with Gasteiger partial charge in [-0.15, -0.1) is 0 Å². The van der Waals surface area contributed by atoms with Gasteiger partial charge in [0.1, 0.15) is 17.4 Å². The number of nitrogens with zero attached hydrogens (tertiary/aromatic N) is 3. The Morgan fingerprint density at radius 2 is 1.80 bits per heavy atom. The van der Waals surface area contributed by atoms with Crippen LogP contribution >= 0.6 is 11.6 Å². The van der Waals surface area contributed by atoms with Crippen molar-refractivity contribution >= 4 is 22.8 Å². The maximum Gasteiger partial charge on any atom is 0.328 e. The van der Waals surface area contributed by atoms with Gasteiger partial charge in [0.2, 0.25) is 5.89 Å². The summed E-state index contributed by atoms with van der Waals surface area (Å²) < 4.78 is 44.3. The zero-order valence-corrected chi connectivity index (χ0v) is 16.8. The minimum atomic E-state index is -0.490. The Morgan fingerprint density at radius 1 is 1.03 bits per heavy atom. The fourth-order valence-corrected chi connectivity index (χ4v) is 2.88. The lowest BCUT2D eigenvalue weighted by Gasteiger charge is -2.08. The van der Waals surface area contributed by atoms with Crippen LogP contribution in [0.3, 0.4) is 0 Å². The van der Waals surface area contributed by atoms with Crippen LogP contribution in [-0.2, 0) is 0 Å². The van der Waals surface area contributed by atoms with Crippen molar-refractivity contribution in [3.8, 4) is 29.1 Å².